The number of fused-ring (bicyclic) bond motifs is 1. The summed E-state index contributed by atoms with van der Waals surface area (Å²) in [6.45, 7) is 1.72. The van der Waals surface area contributed by atoms with Gasteiger partial charge >= 0.3 is 0 Å². The second-order valence-corrected chi connectivity index (χ2v) is 3.78. The van der Waals surface area contributed by atoms with Crippen LogP contribution in [0, 0.1) is 6.92 Å². The molecule has 0 saturated heterocycles. The summed E-state index contributed by atoms with van der Waals surface area (Å²) < 4.78 is 1.25. The highest BCUT2D eigenvalue weighted by molar-refractivity contribution is 5.99. The van der Waals surface area contributed by atoms with Crippen LogP contribution < -0.4 is 5.56 Å². The number of nitrogens with one attached hydrogen (secondary N) is 1. The van der Waals surface area contributed by atoms with E-state index >= 15 is 0 Å². The van der Waals surface area contributed by atoms with Crippen LogP contribution in [0.1, 0.15) is 16.1 Å². The van der Waals surface area contributed by atoms with Gasteiger partial charge in [0.15, 0.2) is 5.65 Å². The first kappa shape index (κ1) is 10.4. The van der Waals surface area contributed by atoms with Crippen LogP contribution in [0.25, 0.3) is 5.65 Å². The molecule has 0 aliphatic carbocycles. The first-order chi connectivity index (χ1) is 7.50. The third-order valence-corrected chi connectivity index (χ3v) is 2.26. The Hall–Kier alpha value is -2.11. The lowest BCUT2D eigenvalue weighted by atomic mass is 10.3. The maximum atomic E-state index is 11.8. The van der Waals surface area contributed by atoms with E-state index in [9.17, 15) is 9.59 Å². The van der Waals surface area contributed by atoms with E-state index in [0.717, 1.165) is 0 Å². The van der Waals surface area contributed by atoms with E-state index in [1.807, 2.05) is 0 Å². The molecule has 0 aromatic carbocycles. The number of aromatic nitrogens is 3. The number of carbonyl (C=O) groups is 1. The van der Waals surface area contributed by atoms with Gasteiger partial charge < -0.3 is 4.90 Å². The summed E-state index contributed by atoms with van der Waals surface area (Å²) in [4.78, 5) is 29.0. The van der Waals surface area contributed by atoms with E-state index in [4.69, 9.17) is 0 Å². The highest BCUT2D eigenvalue weighted by Crippen LogP contribution is 2.08. The number of carbonyl (C=O) groups excluding carboxylic acids is 1. The van der Waals surface area contributed by atoms with Crippen molar-refractivity contribution >= 4 is 11.6 Å². The molecule has 0 unspecified atom stereocenters. The van der Waals surface area contributed by atoms with Gasteiger partial charge in [-0.25, -0.2) is 9.50 Å². The second kappa shape index (κ2) is 3.48. The van der Waals surface area contributed by atoms with Crippen molar-refractivity contribution in [2.45, 2.75) is 6.92 Å². The van der Waals surface area contributed by atoms with Gasteiger partial charge in [0, 0.05) is 32.1 Å². The molecule has 0 bridgehead atoms. The number of nitrogens with zero attached hydrogens (tertiary/aromatic N) is 3. The van der Waals surface area contributed by atoms with E-state index in [1.165, 1.54) is 21.7 Å². The van der Waals surface area contributed by atoms with Crippen LogP contribution in [0.3, 0.4) is 0 Å². The van der Waals surface area contributed by atoms with Crippen LogP contribution in [0.15, 0.2) is 17.1 Å². The number of amides is 1. The highest BCUT2D eigenvalue weighted by atomic mass is 16.2. The molecule has 2 rings (SSSR count). The first-order valence-corrected chi connectivity index (χ1v) is 4.80. The van der Waals surface area contributed by atoms with Crippen molar-refractivity contribution in [1.29, 1.82) is 0 Å². The smallest absolute Gasteiger partial charge is 0.272 e. The molecule has 0 aliphatic rings. The van der Waals surface area contributed by atoms with Gasteiger partial charge in [-0.05, 0) is 6.92 Å². The molecule has 6 nitrogen and oxygen atoms in total. The summed E-state index contributed by atoms with van der Waals surface area (Å²) in [5.41, 5.74) is 1.13. The summed E-state index contributed by atoms with van der Waals surface area (Å²) in [6.07, 6.45) is 1.49. The summed E-state index contributed by atoms with van der Waals surface area (Å²) in [6, 6.07) is 1.41. The molecule has 0 aliphatic heterocycles. The van der Waals surface area contributed by atoms with Gasteiger partial charge in [0.2, 0.25) is 0 Å². The third kappa shape index (κ3) is 1.48. The zero-order valence-electron chi connectivity index (χ0n) is 9.31. The van der Waals surface area contributed by atoms with Gasteiger partial charge in [-0.3, -0.25) is 14.7 Å². The molecule has 0 radical (unpaired) electrons. The summed E-state index contributed by atoms with van der Waals surface area (Å²) in [5, 5.41) is 2.71. The van der Waals surface area contributed by atoms with Crippen LogP contribution in [0.5, 0.6) is 0 Å². The molecule has 2 aromatic rings. The number of H-pyrrole nitrogens is 1. The Labute approximate surface area is 91.5 Å². The molecular weight excluding hydrogens is 208 g/mol. The van der Waals surface area contributed by atoms with Gasteiger partial charge in [-0.15, -0.1) is 0 Å². The molecule has 84 valence electrons. The predicted octanol–water partition coefficient (Wildman–Crippen LogP) is 0.0328. The van der Waals surface area contributed by atoms with Crippen LogP contribution in [-0.4, -0.2) is 39.5 Å². The van der Waals surface area contributed by atoms with Crippen molar-refractivity contribution in [3.05, 3.63) is 33.9 Å². The molecular formula is C10H12N4O2. The molecule has 0 atom stereocenters. The van der Waals surface area contributed by atoms with Crippen molar-refractivity contribution in [3.63, 3.8) is 0 Å². The van der Waals surface area contributed by atoms with Gasteiger partial charge in [-0.1, -0.05) is 0 Å². The molecule has 0 spiro atoms. The number of aromatic amines is 1. The van der Waals surface area contributed by atoms with Crippen molar-refractivity contribution in [3.8, 4) is 0 Å². The zero-order valence-corrected chi connectivity index (χ0v) is 9.31. The third-order valence-electron chi connectivity index (χ3n) is 2.26. The summed E-state index contributed by atoms with van der Waals surface area (Å²) in [5.74, 6) is -0.184. The average molecular weight is 220 g/mol. The molecule has 1 N–H and O–H groups in total. The average Bonchev–Trinajstić information content (AvgIpc) is 2.60. The summed E-state index contributed by atoms with van der Waals surface area (Å²) >= 11 is 0. The number of rotatable bonds is 1. The van der Waals surface area contributed by atoms with E-state index in [-0.39, 0.29) is 11.5 Å². The molecule has 1 amide bonds. The Morgan fingerprint density at radius 1 is 1.50 bits per heavy atom. The molecule has 6 heteroatoms. The molecule has 16 heavy (non-hydrogen) atoms. The van der Waals surface area contributed by atoms with Crippen molar-refractivity contribution in [2.24, 2.45) is 0 Å². The maximum absolute atomic E-state index is 11.8. The van der Waals surface area contributed by atoms with Crippen molar-refractivity contribution < 1.29 is 4.79 Å². The van der Waals surface area contributed by atoms with Gasteiger partial charge in [0.05, 0.1) is 0 Å². The topological polar surface area (TPSA) is 70.5 Å². The SMILES string of the molecule is Cc1cc(=O)n2[nH]cc(C(=O)N(C)C)c2n1. The molecule has 0 saturated carbocycles. The molecule has 0 fully saturated rings. The summed E-state index contributed by atoms with van der Waals surface area (Å²) in [7, 11) is 3.31. The van der Waals surface area contributed by atoms with Gasteiger partial charge in [0.1, 0.15) is 5.56 Å². The van der Waals surface area contributed by atoms with Crippen LogP contribution in [-0.2, 0) is 0 Å². The Morgan fingerprint density at radius 2 is 2.19 bits per heavy atom. The lowest BCUT2D eigenvalue weighted by Crippen LogP contribution is -2.22. The maximum Gasteiger partial charge on any atom is 0.272 e. The monoisotopic (exact) mass is 220 g/mol. The quantitative estimate of drug-likeness (QED) is 0.737. The predicted molar refractivity (Wildman–Crippen MR) is 58.6 cm³/mol. The number of hydrogen-bond acceptors (Lipinski definition) is 3. The lowest BCUT2D eigenvalue weighted by Gasteiger charge is -2.07. The van der Waals surface area contributed by atoms with E-state index in [1.54, 1.807) is 21.0 Å². The first-order valence-electron chi connectivity index (χ1n) is 4.80. The second-order valence-electron chi connectivity index (χ2n) is 3.78. The molecule has 2 heterocycles. The van der Waals surface area contributed by atoms with Crippen LogP contribution in [0.4, 0.5) is 0 Å². The van der Waals surface area contributed by atoms with Crippen molar-refractivity contribution in [2.75, 3.05) is 14.1 Å². The fourth-order valence-electron chi connectivity index (χ4n) is 1.49. The van der Waals surface area contributed by atoms with E-state index < -0.39 is 0 Å². The zero-order chi connectivity index (χ0) is 11.9. The Bertz CT molecular complexity index is 609. The highest BCUT2D eigenvalue weighted by Gasteiger charge is 2.15. The fourth-order valence-corrected chi connectivity index (χ4v) is 1.49. The minimum atomic E-state index is -0.222. The Balaban J connectivity index is 2.74. The van der Waals surface area contributed by atoms with Gasteiger partial charge in [0.25, 0.3) is 11.5 Å². The standard InChI is InChI=1S/C10H12N4O2/c1-6-4-8(15)14-9(12-6)7(5-11-14)10(16)13(2)3/h4-5,11H,1-3H3. The number of hydrogen-bond donors (Lipinski definition) is 1. The van der Waals surface area contributed by atoms with Crippen LogP contribution >= 0.6 is 0 Å². The van der Waals surface area contributed by atoms with E-state index in [0.29, 0.717) is 16.9 Å². The fraction of sp³-hybridized carbons (Fsp3) is 0.300. The lowest BCUT2D eigenvalue weighted by molar-refractivity contribution is 0.0829. The van der Waals surface area contributed by atoms with Crippen molar-refractivity contribution in [1.82, 2.24) is 19.5 Å². The largest absolute Gasteiger partial charge is 0.345 e. The normalized spacial score (nSPS) is 10.7. The Morgan fingerprint density at radius 3 is 2.81 bits per heavy atom. The minimum absolute atomic E-state index is 0.184. The van der Waals surface area contributed by atoms with E-state index in [2.05, 4.69) is 10.1 Å². The Kier molecular flexibility index (Phi) is 2.26. The number of aryl methyl sites for hydroxylation is 1. The molecule has 2 aromatic heterocycles. The minimum Gasteiger partial charge on any atom is -0.345 e. The van der Waals surface area contributed by atoms with Crippen LogP contribution in [0.2, 0.25) is 0 Å². The van der Waals surface area contributed by atoms with Gasteiger partial charge in [-0.2, -0.15) is 0 Å².